The highest BCUT2D eigenvalue weighted by atomic mass is 35.5. The van der Waals surface area contributed by atoms with Crippen LogP contribution in [0.4, 0.5) is 10.5 Å². The molecule has 33 heavy (non-hydrogen) atoms. The number of carbonyl (C=O) groups excluding carboxylic acids is 1. The number of nitrogens with zero attached hydrogens (tertiary/aromatic N) is 3. The number of carbonyl (C=O) groups is 1. The van der Waals surface area contributed by atoms with Crippen molar-refractivity contribution in [2.24, 2.45) is 5.92 Å². The third-order valence-electron chi connectivity index (χ3n) is 6.07. The fourth-order valence-electron chi connectivity index (χ4n) is 4.53. The average Bonchev–Trinajstić information content (AvgIpc) is 3.21. The van der Waals surface area contributed by atoms with E-state index in [1.54, 1.807) is 17.2 Å². The van der Waals surface area contributed by atoms with Crippen LogP contribution in [0.2, 0.25) is 5.02 Å². The Bertz CT molecular complexity index is 1160. The molecule has 0 atom stereocenters. The van der Waals surface area contributed by atoms with Crippen molar-refractivity contribution < 1.29 is 17.9 Å². The first-order valence-electron chi connectivity index (χ1n) is 11.2. The van der Waals surface area contributed by atoms with E-state index in [0.29, 0.717) is 35.9 Å². The maximum absolute atomic E-state index is 13.6. The molecule has 1 fully saturated rings. The lowest BCUT2D eigenvalue weighted by Gasteiger charge is -2.40. The molecule has 3 heterocycles. The van der Waals surface area contributed by atoms with E-state index in [-0.39, 0.29) is 25.1 Å². The molecule has 0 radical (unpaired) electrons. The van der Waals surface area contributed by atoms with Gasteiger partial charge in [-0.1, -0.05) is 17.7 Å². The van der Waals surface area contributed by atoms with Gasteiger partial charge in [-0.05, 0) is 57.2 Å². The van der Waals surface area contributed by atoms with Crippen molar-refractivity contribution in [3.63, 3.8) is 0 Å². The topological polar surface area (TPSA) is 85.9 Å². The van der Waals surface area contributed by atoms with Crippen LogP contribution in [-0.4, -0.2) is 60.5 Å². The van der Waals surface area contributed by atoms with Crippen LogP contribution in [0.15, 0.2) is 31.0 Å². The lowest BCUT2D eigenvalue weighted by molar-refractivity contribution is 0.0177. The van der Waals surface area contributed by atoms with Crippen LogP contribution in [0.25, 0.3) is 10.9 Å². The van der Waals surface area contributed by atoms with Crippen molar-refractivity contribution in [2.45, 2.75) is 45.8 Å². The normalized spacial score (nSPS) is 19.5. The molecular formula is C23H31ClN4O4S. The van der Waals surface area contributed by atoms with Crippen LogP contribution in [0.3, 0.4) is 0 Å². The second-order valence-electron chi connectivity index (χ2n) is 9.66. The van der Waals surface area contributed by atoms with E-state index in [4.69, 9.17) is 16.3 Å². The Balaban J connectivity index is 1.53. The molecule has 1 aromatic carbocycles. The third kappa shape index (κ3) is 4.72. The Morgan fingerprint density at radius 2 is 2.03 bits per heavy atom. The van der Waals surface area contributed by atoms with Crippen LogP contribution in [0, 0.1) is 5.92 Å². The van der Waals surface area contributed by atoms with Crippen molar-refractivity contribution in [1.29, 1.82) is 0 Å². The Morgan fingerprint density at radius 3 is 2.67 bits per heavy atom. The minimum Gasteiger partial charge on any atom is -0.444 e. The number of fused-ring (bicyclic) bond motifs is 3. The lowest BCUT2D eigenvalue weighted by atomic mass is 9.97. The minimum absolute atomic E-state index is 0.148. The van der Waals surface area contributed by atoms with E-state index in [1.165, 1.54) is 8.61 Å². The monoisotopic (exact) mass is 494 g/mol. The molecule has 4 rings (SSSR count). The molecule has 2 aliphatic heterocycles. The summed E-state index contributed by atoms with van der Waals surface area (Å²) in [7, 11) is -3.75. The van der Waals surface area contributed by atoms with Gasteiger partial charge in [0.1, 0.15) is 5.60 Å². The highest BCUT2D eigenvalue weighted by Gasteiger charge is 2.39. The molecule has 180 valence electrons. The number of likely N-dealkylation sites (tertiary alicyclic amines) is 1. The maximum Gasteiger partial charge on any atom is 0.410 e. The fourth-order valence-corrected chi connectivity index (χ4v) is 6.53. The van der Waals surface area contributed by atoms with Gasteiger partial charge in [-0.25, -0.2) is 4.79 Å². The summed E-state index contributed by atoms with van der Waals surface area (Å²) in [5.41, 5.74) is 1.67. The van der Waals surface area contributed by atoms with Gasteiger partial charge in [0.25, 0.3) is 0 Å². The number of rotatable bonds is 4. The summed E-state index contributed by atoms with van der Waals surface area (Å²) in [5, 5.41) is 1.39. The van der Waals surface area contributed by atoms with Crippen molar-refractivity contribution in [3.05, 3.63) is 41.6 Å². The summed E-state index contributed by atoms with van der Waals surface area (Å²) in [4.78, 5) is 17.2. The van der Waals surface area contributed by atoms with Crippen molar-refractivity contribution in [3.8, 4) is 0 Å². The molecule has 0 aliphatic carbocycles. The van der Waals surface area contributed by atoms with E-state index in [9.17, 15) is 13.2 Å². The molecule has 1 aromatic heterocycles. The second kappa shape index (κ2) is 8.85. The fraction of sp³-hybridized carbons (Fsp3) is 0.522. The van der Waals surface area contributed by atoms with E-state index in [0.717, 1.165) is 23.8 Å². The summed E-state index contributed by atoms with van der Waals surface area (Å²) >= 11 is 6.49. The zero-order valence-corrected chi connectivity index (χ0v) is 20.9. The summed E-state index contributed by atoms with van der Waals surface area (Å²) in [6.07, 6.45) is 4.47. The van der Waals surface area contributed by atoms with Crippen molar-refractivity contribution >= 4 is 44.5 Å². The first kappa shape index (κ1) is 23.9. The second-order valence-corrected chi connectivity index (χ2v) is 11.9. The first-order chi connectivity index (χ1) is 15.5. The van der Waals surface area contributed by atoms with Crippen LogP contribution < -0.4 is 4.31 Å². The number of benzene rings is 1. The molecule has 0 unspecified atom stereocenters. The minimum atomic E-state index is -3.75. The molecule has 0 spiro atoms. The predicted molar refractivity (Wildman–Crippen MR) is 131 cm³/mol. The Labute approximate surface area is 200 Å². The number of aromatic amines is 1. The standard InChI is InChI=1S/C23H31ClN4O4S/c1-5-10-28-21-17(13-19(24)18-6-9-25-20(18)21)15-27(33(28,30)31)14-16-7-11-26(12-8-16)22(29)32-23(2,3)4/h5-6,9,13,16,25H,1,7-8,10-12,14-15H2,2-4H3. The molecular weight excluding hydrogens is 464 g/mol. The summed E-state index contributed by atoms with van der Waals surface area (Å²) < 4.78 is 35.6. The zero-order chi connectivity index (χ0) is 24.0. The number of halogens is 1. The average molecular weight is 495 g/mol. The van der Waals surface area contributed by atoms with Gasteiger partial charge in [-0.2, -0.15) is 12.7 Å². The third-order valence-corrected chi connectivity index (χ3v) is 8.20. The molecule has 1 N–H and O–H groups in total. The van der Waals surface area contributed by atoms with Crippen LogP contribution in [-0.2, 0) is 21.5 Å². The molecule has 8 nitrogen and oxygen atoms in total. The molecule has 1 saturated heterocycles. The van der Waals surface area contributed by atoms with E-state index >= 15 is 0 Å². The maximum atomic E-state index is 13.6. The van der Waals surface area contributed by atoms with Gasteiger partial charge in [0.2, 0.25) is 0 Å². The quantitative estimate of drug-likeness (QED) is 0.633. The predicted octanol–water partition coefficient (Wildman–Crippen LogP) is 4.52. The summed E-state index contributed by atoms with van der Waals surface area (Å²) in [6, 6.07) is 3.71. The van der Waals surface area contributed by atoms with E-state index in [2.05, 4.69) is 11.6 Å². The lowest BCUT2D eigenvalue weighted by Crippen LogP contribution is -2.50. The highest BCUT2D eigenvalue weighted by molar-refractivity contribution is 7.90. The number of amides is 1. The first-order valence-corrected chi connectivity index (χ1v) is 12.9. The number of nitrogens with one attached hydrogen (secondary N) is 1. The Morgan fingerprint density at radius 1 is 1.33 bits per heavy atom. The van der Waals surface area contributed by atoms with E-state index < -0.39 is 15.8 Å². The largest absolute Gasteiger partial charge is 0.444 e. The van der Waals surface area contributed by atoms with Gasteiger partial charge in [-0.15, -0.1) is 6.58 Å². The van der Waals surface area contributed by atoms with Gasteiger partial charge in [0, 0.05) is 37.8 Å². The molecule has 1 amide bonds. The Hall–Kier alpha value is -2.23. The number of hydrogen-bond donors (Lipinski definition) is 1. The molecule has 0 saturated carbocycles. The SMILES string of the molecule is C=CCN1c2c(cc(Cl)c3cc[nH]c23)CN(CC2CCN(C(=O)OC(C)(C)C)CC2)S1(=O)=O. The number of piperidine rings is 1. The smallest absolute Gasteiger partial charge is 0.410 e. The van der Waals surface area contributed by atoms with Gasteiger partial charge in [0.05, 0.1) is 22.8 Å². The van der Waals surface area contributed by atoms with Crippen LogP contribution in [0.1, 0.15) is 39.2 Å². The van der Waals surface area contributed by atoms with Gasteiger partial charge < -0.3 is 14.6 Å². The van der Waals surface area contributed by atoms with Crippen molar-refractivity contribution in [1.82, 2.24) is 14.2 Å². The number of anilines is 1. The molecule has 10 heteroatoms. The van der Waals surface area contributed by atoms with Crippen LogP contribution >= 0.6 is 11.6 Å². The van der Waals surface area contributed by atoms with Gasteiger partial charge >= 0.3 is 16.3 Å². The number of aromatic nitrogens is 1. The van der Waals surface area contributed by atoms with Crippen molar-refractivity contribution in [2.75, 3.05) is 30.5 Å². The van der Waals surface area contributed by atoms with Crippen LogP contribution in [0.5, 0.6) is 0 Å². The highest BCUT2D eigenvalue weighted by Crippen LogP contribution is 2.41. The van der Waals surface area contributed by atoms with Gasteiger partial charge in [0.15, 0.2) is 0 Å². The molecule has 2 aliphatic rings. The van der Waals surface area contributed by atoms with E-state index in [1.807, 2.05) is 32.9 Å². The number of ether oxygens (including phenoxy) is 1. The molecule has 2 aromatic rings. The Kier molecular flexibility index (Phi) is 6.41. The number of hydrogen-bond acceptors (Lipinski definition) is 4. The summed E-state index contributed by atoms with van der Waals surface area (Å²) in [5.74, 6) is 0.148. The molecule has 0 bridgehead atoms. The zero-order valence-electron chi connectivity index (χ0n) is 19.3. The number of H-pyrrole nitrogens is 1. The van der Waals surface area contributed by atoms with Gasteiger partial charge in [-0.3, -0.25) is 4.31 Å². The summed E-state index contributed by atoms with van der Waals surface area (Å²) in [6.45, 7) is 11.2.